The molecule has 3 heterocycles. The summed E-state index contributed by atoms with van der Waals surface area (Å²) >= 11 is 0. The van der Waals surface area contributed by atoms with Gasteiger partial charge in [-0.15, -0.1) is 0 Å². The molecule has 4 rings (SSSR count). The van der Waals surface area contributed by atoms with Crippen LogP contribution in [0.4, 0.5) is 0 Å². The van der Waals surface area contributed by atoms with Crippen molar-refractivity contribution in [3.63, 3.8) is 0 Å². The number of rotatable bonds is 4. The van der Waals surface area contributed by atoms with Gasteiger partial charge in [-0.2, -0.15) is 5.10 Å². The van der Waals surface area contributed by atoms with Crippen molar-refractivity contribution in [2.45, 2.75) is 20.4 Å². The summed E-state index contributed by atoms with van der Waals surface area (Å²) < 4.78 is 7.25. The quantitative estimate of drug-likeness (QED) is 0.697. The Morgan fingerprint density at radius 1 is 1.11 bits per heavy atom. The molecule has 1 aliphatic rings. The van der Waals surface area contributed by atoms with Crippen LogP contribution in [0.15, 0.2) is 41.1 Å². The first kappa shape index (κ1) is 18.4. The fourth-order valence-corrected chi connectivity index (χ4v) is 3.55. The maximum atomic E-state index is 12.8. The first-order valence-corrected chi connectivity index (χ1v) is 9.54. The molecule has 146 valence electrons. The fourth-order valence-electron chi connectivity index (χ4n) is 3.55. The average molecular weight is 379 g/mol. The van der Waals surface area contributed by atoms with Crippen molar-refractivity contribution in [1.29, 1.82) is 0 Å². The second-order valence-corrected chi connectivity index (χ2v) is 7.42. The summed E-state index contributed by atoms with van der Waals surface area (Å²) in [5, 5.41) is 8.40. The van der Waals surface area contributed by atoms with Gasteiger partial charge in [-0.3, -0.25) is 14.4 Å². The van der Waals surface area contributed by atoms with E-state index >= 15 is 0 Å². The highest BCUT2D eigenvalue weighted by molar-refractivity contribution is 5.93. The van der Waals surface area contributed by atoms with Crippen LogP contribution in [0.1, 0.15) is 27.3 Å². The zero-order chi connectivity index (χ0) is 19.7. The second-order valence-electron chi connectivity index (χ2n) is 7.42. The van der Waals surface area contributed by atoms with Crippen LogP contribution < -0.4 is 0 Å². The van der Waals surface area contributed by atoms with Gasteiger partial charge < -0.3 is 9.42 Å². The van der Waals surface area contributed by atoms with Crippen molar-refractivity contribution in [3.8, 4) is 11.3 Å². The van der Waals surface area contributed by atoms with Crippen molar-refractivity contribution in [2.24, 2.45) is 7.05 Å². The zero-order valence-corrected chi connectivity index (χ0v) is 16.6. The fraction of sp³-hybridized carbons (Fsp3) is 0.381. The monoisotopic (exact) mass is 379 g/mol. The molecule has 0 unspecified atom stereocenters. The predicted molar refractivity (Wildman–Crippen MR) is 106 cm³/mol. The highest BCUT2D eigenvalue weighted by Gasteiger charge is 2.25. The summed E-state index contributed by atoms with van der Waals surface area (Å²) in [6.45, 7) is 7.98. The van der Waals surface area contributed by atoms with Crippen molar-refractivity contribution < 1.29 is 9.32 Å². The Hall–Kier alpha value is -2.93. The van der Waals surface area contributed by atoms with E-state index in [1.54, 1.807) is 6.07 Å². The third kappa shape index (κ3) is 3.84. The van der Waals surface area contributed by atoms with Gasteiger partial charge in [0.15, 0.2) is 11.5 Å². The lowest BCUT2D eigenvalue weighted by molar-refractivity contribution is 0.0618. The highest BCUT2D eigenvalue weighted by atomic mass is 16.5. The van der Waals surface area contributed by atoms with Crippen molar-refractivity contribution >= 4 is 5.91 Å². The molecule has 7 heteroatoms. The minimum absolute atomic E-state index is 0.0701. The van der Waals surface area contributed by atoms with Crippen LogP contribution in [0.5, 0.6) is 0 Å². The van der Waals surface area contributed by atoms with Crippen LogP contribution in [0.2, 0.25) is 0 Å². The minimum atomic E-state index is -0.0701. The molecule has 0 bridgehead atoms. The maximum Gasteiger partial charge on any atom is 0.276 e. The molecule has 3 aromatic rings. The maximum absolute atomic E-state index is 12.8. The molecule has 0 radical (unpaired) electrons. The van der Waals surface area contributed by atoms with E-state index in [-0.39, 0.29) is 5.91 Å². The number of piperazine rings is 1. The van der Waals surface area contributed by atoms with E-state index in [1.165, 1.54) is 11.1 Å². The minimum Gasteiger partial charge on any atom is -0.355 e. The third-order valence-corrected chi connectivity index (χ3v) is 5.23. The summed E-state index contributed by atoms with van der Waals surface area (Å²) in [7, 11) is 1.94. The lowest BCUT2D eigenvalue weighted by atomic mass is 10.1. The van der Waals surface area contributed by atoms with Gasteiger partial charge in [-0.25, -0.2) is 0 Å². The Labute approximate surface area is 164 Å². The van der Waals surface area contributed by atoms with Crippen LogP contribution in [-0.4, -0.2) is 56.8 Å². The van der Waals surface area contributed by atoms with E-state index in [4.69, 9.17) is 4.52 Å². The van der Waals surface area contributed by atoms with Crippen molar-refractivity contribution in [2.75, 3.05) is 26.2 Å². The molecule has 0 atom stereocenters. The molecule has 2 aromatic heterocycles. The zero-order valence-electron chi connectivity index (χ0n) is 16.6. The van der Waals surface area contributed by atoms with E-state index < -0.39 is 0 Å². The molecular formula is C21H25N5O2. The molecule has 7 nitrogen and oxygen atoms in total. The predicted octanol–water partition coefficient (Wildman–Crippen LogP) is 2.65. The van der Waals surface area contributed by atoms with Crippen LogP contribution in [-0.2, 0) is 13.6 Å². The molecule has 1 aromatic carbocycles. The Balaban J connectivity index is 1.36. The number of carbonyl (C=O) groups excluding carboxylic acids is 1. The van der Waals surface area contributed by atoms with Crippen LogP contribution >= 0.6 is 0 Å². The van der Waals surface area contributed by atoms with Gasteiger partial charge in [0.05, 0.1) is 5.69 Å². The smallest absolute Gasteiger partial charge is 0.276 e. The summed E-state index contributed by atoms with van der Waals surface area (Å²) in [4.78, 5) is 17.0. The molecule has 0 aliphatic carbocycles. The SMILES string of the molecule is Cc1ccc(-c2cc(C(=O)N3CCN(Cc4cn(C)nc4C)CC3)no2)cc1. The Bertz CT molecular complexity index is 965. The molecule has 0 spiro atoms. The number of benzene rings is 1. The van der Waals surface area contributed by atoms with Gasteiger partial charge >= 0.3 is 0 Å². The van der Waals surface area contributed by atoms with Gasteiger partial charge in [-0.05, 0) is 13.8 Å². The Morgan fingerprint density at radius 2 is 1.82 bits per heavy atom. The molecule has 28 heavy (non-hydrogen) atoms. The number of carbonyl (C=O) groups is 1. The number of hydrogen-bond donors (Lipinski definition) is 0. The topological polar surface area (TPSA) is 67.4 Å². The summed E-state index contributed by atoms with van der Waals surface area (Å²) in [6.07, 6.45) is 2.06. The Kier molecular flexibility index (Phi) is 5.00. The molecule has 1 aliphatic heterocycles. The van der Waals surface area contributed by atoms with E-state index in [2.05, 4.69) is 21.4 Å². The van der Waals surface area contributed by atoms with Crippen LogP contribution in [0.3, 0.4) is 0 Å². The van der Waals surface area contributed by atoms with Gasteiger partial charge in [0.1, 0.15) is 0 Å². The van der Waals surface area contributed by atoms with E-state index in [0.717, 1.165) is 30.9 Å². The van der Waals surface area contributed by atoms with E-state index in [0.29, 0.717) is 24.5 Å². The van der Waals surface area contributed by atoms with Crippen molar-refractivity contribution in [3.05, 3.63) is 59.0 Å². The summed E-state index contributed by atoms with van der Waals surface area (Å²) in [6, 6.07) is 9.72. The molecule has 1 amide bonds. The number of aryl methyl sites for hydroxylation is 3. The number of nitrogens with zero attached hydrogens (tertiary/aromatic N) is 5. The molecule has 0 N–H and O–H groups in total. The molecule has 1 saturated heterocycles. The molecule has 1 fully saturated rings. The number of aromatic nitrogens is 3. The average Bonchev–Trinajstić information content (AvgIpc) is 3.29. The van der Waals surface area contributed by atoms with Crippen LogP contribution in [0, 0.1) is 13.8 Å². The third-order valence-electron chi connectivity index (χ3n) is 5.23. The first-order valence-electron chi connectivity index (χ1n) is 9.54. The lowest BCUT2D eigenvalue weighted by Crippen LogP contribution is -2.48. The van der Waals surface area contributed by atoms with Crippen molar-refractivity contribution in [1.82, 2.24) is 24.7 Å². The normalized spacial score (nSPS) is 15.2. The second kappa shape index (κ2) is 7.59. The first-order chi connectivity index (χ1) is 13.5. The van der Waals surface area contributed by atoms with Gasteiger partial charge in [0.25, 0.3) is 5.91 Å². The summed E-state index contributed by atoms with van der Waals surface area (Å²) in [5.74, 6) is 0.549. The van der Waals surface area contributed by atoms with Crippen LogP contribution in [0.25, 0.3) is 11.3 Å². The standard InChI is InChI=1S/C21H25N5O2/c1-15-4-6-17(7-5-15)20-12-19(23-28-20)21(27)26-10-8-25(9-11-26)14-18-13-24(3)22-16(18)2/h4-7,12-13H,8-11,14H2,1-3H3. The summed E-state index contributed by atoms with van der Waals surface area (Å²) in [5.41, 5.74) is 4.77. The number of amides is 1. The molecule has 0 saturated carbocycles. The number of hydrogen-bond acceptors (Lipinski definition) is 5. The lowest BCUT2D eigenvalue weighted by Gasteiger charge is -2.34. The van der Waals surface area contributed by atoms with Gasteiger partial charge in [0, 0.05) is 63.2 Å². The Morgan fingerprint density at radius 3 is 2.46 bits per heavy atom. The largest absolute Gasteiger partial charge is 0.355 e. The van der Waals surface area contributed by atoms with Gasteiger partial charge in [0.2, 0.25) is 0 Å². The highest BCUT2D eigenvalue weighted by Crippen LogP contribution is 2.22. The van der Waals surface area contributed by atoms with E-state index in [9.17, 15) is 4.79 Å². The van der Waals surface area contributed by atoms with Gasteiger partial charge in [-0.1, -0.05) is 35.0 Å². The molecular weight excluding hydrogens is 354 g/mol. The van der Waals surface area contributed by atoms with E-state index in [1.807, 2.05) is 54.7 Å².